The van der Waals surface area contributed by atoms with E-state index in [0.29, 0.717) is 35.4 Å². The van der Waals surface area contributed by atoms with Crippen LogP contribution in [0.1, 0.15) is 24.2 Å². The van der Waals surface area contributed by atoms with Crippen molar-refractivity contribution in [1.29, 1.82) is 0 Å². The summed E-state index contributed by atoms with van der Waals surface area (Å²) in [5.41, 5.74) is 1.53. The van der Waals surface area contributed by atoms with Gasteiger partial charge in [0.1, 0.15) is 17.3 Å². The minimum Gasteiger partial charge on any atom is -0.497 e. The fourth-order valence-electron chi connectivity index (χ4n) is 3.09. The smallest absolute Gasteiger partial charge is 0.260 e. The topological polar surface area (TPSA) is 66.9 Å². The predicted octanol–water partition coefficient (Wildman–Crippen LogP) is 3.13. The summed E-state index contributed by atoms with van der Waals surface area (Å²) >= 11 is 0. The molecule has 0 bridgehead atoms. The molecule has 3 rings (SSSR count). The molecule has 1 fully saturated rings. The number of piperazine rings is 1. The molecule has 1 aliphatic heterocycles. The quantitative estimate of drug-likeness (QED) is 0.773. The summed E-state index contributed by atoms with van der Waals surface area (Å²) in [6.07, 6.45) is 1.81. The molecule has 0 atom stereocenters. The van der Waals surface area contributed by atoms with E-state index in [1.165, 1.54) is 0 Å². The van der Waals surface area contributed by atoms with Gasteiger partial charge in [0, 0.05) is 32.2 Å². The molecule has 156 valence electrons. The Morgan fingerprint density at radius 3 is 2.55 bits per heavy atom. The third-order valence-electron chi connectivity index (χ3n) is 4.86. The zero-order chi connectivity index (χ0) is 20.8. The standard InChI is InChI=1S/C22H30N4O3/c1-16(2)15-29-20-13-18(28-4)6-7-19(20)22(27)24-21-8-5-17(14-23-21)26-11-9-25(3)10-12-26/h5-8,13-14,16H,9-12,15H2,1-4H3,(H,23,24,27). The maximum Gasteiger partial charge on any atom is 0.260 e. The average Bonchev–Trinajstić information content (AvgIpc) is 2.73. The number of hydrogen-bond donors (Lipinski definition) is 1. The molecule has 29 heavy (non-hydrogen) atoms. The molecule has 2 heterocycles. The van der Waals surface area contributed by atoms with Crippen LogP contribution in [-0.4, -0.2) is 62.7 Å². The lowest BCUT2D eigenvalue weighted by molar-refractivity contribution is 0.102. The molecule has 0 aliphatic carbocycles. The first-order valence-electron chi connectivity index (χ1n) is 9.98. The summed E-state index contributed by atoms with van der Waals surface area (Å²) in [5.74, 6) is 1.75. The molecule has 1 amide bonds. The number of hydrogen-bond acceptors (Lipinski definition) is 6. The SMILES string of the molecule is COc1ccc(C(=O)Nc2ccc(N3CCN(C)CC3)cn2)c(OCC(C)C)c1. The lowest BCUT2D eigenvalue weighted by Gasteiger charge is -2.33. The molecule has 1 aliphatic rings. The number of carbonyl (C=O) groups excluding carboxylic acids is 1. The summed E-state index contributed by atoms with van der Waals surface area (Å²) in [7, 11) is 3.72. The number of rotatable bonds is 7. The number of ether oxygens (including phenoxy) is 2. The molecular weight excluding hydrogens is 368 g/mol. The van der Waals surface area contributed by atoms with E-state index in [2.05, 4.69) is 41.0 Å². The molecule has 2 aromatic rings. The minimum atomic E-state index is -0.258. The van der Waals surface area contributed by atoms with E-state index in [0.717, 1.165) is 31.9 Å². The van der Waals surface area contributed by atoms with Crippen LogP contribution in [0.4, 0.5) is 11.5 Å². The number of anilines is 2. The van der Waals surface area contributed by atoms with Crippen molar-refractivity contribution in [3.63, 3.8) is 0 Å². The van der Waals surface area contributed by atoms with Gasteiger partial charge in [-0.2, -0.15) is 0 Å². The largest absolute Gasteiger partial charge is 0.497 e. The normalized spacial score (nSPS) is 14.7. The van der Waals surface area contributed by atoms with E-state index in [1.54, 1.807) is 25.3 Å². The van der Waals surface area contributed by atoms with Crippen LogP contribution in [0.2, 0.25) is 0 Å². The van der Waals surface area contributed by atoms with Crippen LogP contribution < -0.4 is 19.7 Å². The number of methoxy groups -OCH3 is 1. The molecule has 0 radical (unpaired) electrons. The number of nitrogens with one attached hydrogen (secondary N) is 1. The molecule has 1 aromatic heterocycles. The first kappa shape index (κ1) is 20.9. The lowest BCUT2D eigenvalue weighted by atomic mass is 10.1. The van der Waals surface area contributed by atoms with Crippen LogP contribution in [0.25, 0.3) is 0 Å². The average molecular weight is 399 g/mol. The van der Waals surface area contributed by atoms with E-state index >= 15 is 0 Å². The summed E-state index contributed by atoms with van der Waals surface area (Å²) < 4.78 is 11.1. The highest BCUT2D eigenvalue weighted by Gasteiger charge is 2.17. The number of carbonyl (C=O) groups is 1. The molecule has 0 saturated carbocycles. The maximum atomic E-state index is 12.8. The van der Waals surface area contributed by atoms with Crippen molar-refractivity contribution < 1.29 is 14.3 Å². The van der Waals surface area contributed by atoms with Crippen LogP contribution in [0, 0.1) is 5.92 Å². The molecule has 0 unspecified atom stereocenters. The highest BCUT2D eigenvalue weighted by Crippen LogP contribution is 2.26. The van der Waals surface area contributed by atoms with Crippen molar-refractivity contribution in [3.05, 3.63) is 42.1 Å². The summed E-state index contributed by atoms with van der Waals surface area (Å²) in [4.78, 5) is 21.9. The van der Waals surface area contributed by atoms with E-state index in [4.69, 9.17) is 9.47 Å². The molecule has 1 N–H and O–H groups in total. The number of benzene rings is 1. The monoisotopic (exact) mass is 398 g/mol. The second-order valence-electron chi connectivity index (χ2n) is 7.71. The first-order valence-corrected chi connectivity index (χ1v) is 9.98. The molecule has 1 saturated heterocycles. The Balaban J connectivity index is 1.69. The van der Waals surface area contributed by atoms with Gasteiger partial charge in [0.25, 0.3) is 5.91 Å². The number of nitrogens with zero attached hydrogens (tertiary/aromatic N) is 3. The fraction of sp³-hybridized carbons (Fsp3) is 0.455. The Labute approximate surface area is 172 Å². The zero-order valence-electron chi connectivity index (χ0n) is 17.6. The Hall–Kier alpha value is -2.80. The van der Waals surface area contributed by atoms with E-state index in [9.17, 15) is 4.79 Å². The summed E-state index contributed by atoms with van der Waals surface area (Å²) in [6.45, 7) is 8.67. The number of likely N-dealkylation sites (N-methyl/N-ethyl adjacent to an activating group) is 1. The molecule has 1 aromatic carbocycles. The van der Waals surface area contributed by atoms with Crippen LogP contribution in [0.15, 0.2) is 36.5 Å². The van der Waals surface area contributed by atoms with Crippen molar-refractivity contribution in [3.8, 4) is 11.5 Å². The molecule has 7 heteroatoms. The number of aromatic nitrogens is 1. The Kier molecular flexibility index (Phi) is 6.93. The zero-order valence-corrected chi connectivity index (χ0v) is 17.6. The number of pyridine rings is 1. The van der Waals surface area contributed by atoms with Crippen LogP contribution in [-0.2, 0) is 0 Å². The third-order valence-corrected chi connectivity index (χ3v) is 4.86. The van der Waals surface area contributed by atoms with Gasteiger partial charge in [-0.3, -0.25) is 4.79 Å². The van der Waals surface area contributed by atoms with Gasteiger partial charge >= 0.3 is 0 Å². The fourth-order valence-corrected chi connectivity index (χ4v) is 3.09. The Morgan fingerprint density at radius 2 is 1.93 bits per heavy atom. The van der Waals surface area contributed by atoms with Gasteiger partial charge < -0.3 is 24.6 Å². The minimum absolute atomic E-state index is 0.258. The highest BCUT2D eigenvalue weighted by molar-refractivity contribution is 6.05. The van der Waals surface area contributed by atoms with Crippen molar-refractivity contribution in [2.75, 3.05) is 57.2 Å². The number of amides is 1. The molecule has 0 spiro atoms. The molecule has 7 nitrogen and oxygen atoms in total. The van der Waals surface area contributed by atoms with Gasteiger partial charge in [0.15, 0.2) is 0 Å². The van der Waals surface area contributed by atoms with Gasteiger partial charge in [-0.25, -0.2) is 4.98 Å². The van der Waals surface area contributed by atoms with E-state index < -0.39 is 0 Å². The third kappa shape index (κ3) is 5.60. The van der Waals surface area contributed by atoms with Crippen molar-refractivity contribution >= 4 is 17.4 Å². The highest BCUT2D eigenvalue weighted by atomic mass is 16.5. The Bertz CT molecular complexity index is 815. The van der Waals surface area contributed by atoms with E-state index in [1.807, 2.05) is 18.3 Å². The van der Waals surface area contributed by atoms with Gasteiger partial charge in [-0.1, -0.05) is 13.8 Å². The van der Waals surface area contributed by atoms with Crippen LogP contribution in [0.3, 0.4) is 0 Å². The second kappa shape index (κ2) is 9.60. The Morgan fingerprint density at radius 1 is 1.17 bits per heavy atom. The van der Waals surface area contributed by atoms with Gasteiger partial charge in [0.05, 0.1) is 31.2 Å². The van der Waals surface area contributed by atoms with E-state index in [-0.39, 0.29) is 5.91 Å². The second-order valence-corrected chi connectivity index (χ2v) is 7.71. The summed E-state index contributed by atoms with van der Waals surface area (Å²) in [6, 6.07) is 9.03. The lowest BCUT2D eigenvalue weighted by Crippen LogP contribution is -2.44. The van der Waals surface area contributed by atoms with Gasteiger partial charge in [-0.15, -0.1) is 0 Å². The van der Waals surface area contributed by atoms with Crippen molar-refractivity contribution in [2.45, 2.75) is 13.8 Å². The maximum absolute atomic E-state index is 12.8. The first-order chi connectivity index (χ1) is 14.0. The van der Waals surface area contributed by atoms with Gasteiger partial charge in [-0.05, 0) is 37.2 Å². The van der Waals surface area contributed by atoms with Crippen molar-refractivity contribution in [1.82, 2.24) is 9.88 Å². The predicted molar refractivity (Wildman–Crippen MR) is 115 cm³/mol. The van der Waals surface area contributed by atoms with Crippen molar-refractivity contribution in [2.24, 2.45) is 5.92 Å². The van der Waals surface area contributed by atoms with Crippen LogP contribution in [0.5, 0.6) is 11.5 Å². The van der Waals surface area contributed by atoms with Gasteiger partial charge in [0.2, 0.25) is 0 Å². The van der Waals surface area contributed by atoms with Crippen LogP contribution >= 0.6 is 0 Å². The summed E-state index contributed by atoms with van der Waals surface area (Å²) in [5, 5.41) is 2.86. The molecular formula is C22H30N4O3.